The first-order valence-corrected chi connectivity index (χ1v) is 4.93. The molecule has 2 nitrogen and oxygen atoms in total. The molecular weight excluding hydrogens is 196 g/mol. The summed E-state index contributed by atoms with van der Waals surface area (Å²) in [5.74, 6) is 0. The van der Waals surface area contributed by atoms with Gasteiger partial charge in [-0.3, -0.25) is 0 Å². The highest BCUT2D eigenvalue weighted by atomic mass is 35.5. The Labute approximate surface area is 87.7 Å². The van der Waals surface area contributed by atoms with Crippen LogP contribution in [0.3, 0.4) is 0 Å². The molecular formula is C11H11ClN2. The highest BCUT2D eigenvalue weighted by molar-refractivity contribution is 6.29. The number of pyridine rings is 1. The number of benzene rings is 1. The van der Waals surface area contributed by atoms with E-state index in [1.165, 1.54) is 0 Å². The van der Waals surface area contributed by atoms with Crippen molar-refractivity contribution in [3.8, 4) is 0 Å². The van der Waals surface area contributed by atoms with Crippen LogP contribution in [0.5, 0.6) is 0 Å². The fourth-order valence-electron chi connectivity index (χ4n) is 1.65. The second-order valence-electron chi connectivity index (χ2n) is 3.19. The number of aryl methyl sites for hydroxylation is 1. The molecule has 1 heterocycles. The van der Waals surface area contributed by atoms with Crippen molar-refractivity contribution in [2.75, 3.05) is 5.73 Å². The lowest BCUT2D eigenvalue weighted by Gasteiger charge is -2.07. The standard InChI is InChI=1S/C11H11ClN2/c1-2-7-8-3-6-11(12)14-10(8)5-4-9(7)13/h3-6H,2,13H2,1H3. The Bertz CT molecular complexity index is 480. The first-order chi connectivity index (χ1) is 6.72. The van der Waals surface area contributed by atoms with E-state index in [0.717, 1.165) is 28.6 Å². The van der Waals surface area contributed by atoms with Gasteiger partial charge in [0.05, 0.1) is 5.52 Å². The fraction of sp³-hybridized carbons (Fsp3) is 0.182. The summed E-state index contributed by atoms with van der Waals surface area (Å²) in [6.07, 6.45) is 0.909. The summed E-state index contributed by atoms with van der Waals surface area (Å²) in [5, 5.41) is 1.61. The number of nitrogen functional groups attached to an aromatic ring is 1. The Balaban J connectivity index is 2.82. The summed E-state index contributed by atoms with van der Waals surface area (Å²) >= 11 is 5.81. The van der Waals surface area contributed by atoms with Crippen LogP contribution in [0.25, 0.3) is 10.9 Å². The molecule has 0 unspecified atom stereocenters. The highest BCUT2D eigenvalue weighted by Crippen LogP contribution is 2.24. The summed E-state index contributed by atoms with van der Waals surface area (Å²) in [6.45, 7) is 2.08. The smallest absolute Gasteiger partial charge is 0.129 e. The minimum absolute atomic E-state index is 0.518. The topological polar surface area (TPSA) is 38.9 Å². The van der Waals surface area contributed by atoms with Gasteiger partial charge in [-0.2, -0.15) is 0 Å². The van der Waals surface area contributed by atoms with Gasteiger partial charge in [-0.15, -0.1) is 0 Å². The first kappa shape index (κ1) is 9.28. The van der Waals surface area contributed by atoms with Crippen LogP contribution in [0.15, 0.2) is 24.3 Å². The number of halogens is 1. The average Bonchev–Trinajstić information content (AvgIpc) is 2.18. The molecule has 0 aliphatic rings. The second-order valence-corrected chi connectivity index (χ2v) is 3.57. The van der Waals surface area contributed by atoms with Crippen LogP contribution in [0.1, 0.15) is 12.5 Å². The van der Waals surface area contributed by atoms with E-state index in [0.29, 0.717) is 5.15 Å². The van der Waals surface area contributed by atoms with Crippen LogP contribution in [-0.2, 0) is 6.42 Å². The third kappa shape index (κ3) is 1.42. The minimum atomic E-state index is 0.518. The van der Waals surface area contributed by atoms with E-state index in [2.05, 4.69) is 11.9 Å². The highest BCUT2D eigenvalue weighted by Gasteiger charge is 2.04. The normalized spacial score (nSPS) is 10.7. The van der Waals surface area contributed by atoms with Crippen LogP contribution in [0.4, 0.5) is 5.69 Å². The molecule has 72 valence electrons. The van der Waals surface area contributed by atoms with Crippen molar-refractivity contribution < 1.29 is 0 Å². The van der Waals surface area contributed by atoms with Gasteiger partial charge in [0.1, 0.15) is 5.15 Å². The molecule has 2 rings (SSSR count). The number of hydrogen-bond acceptors (Lipinski definition) is 2. The lowest BCUT2D eigenvalue weighted by molar-refractivity contribution is 1.16. The maximum absolute atomic E-state index is 5.87. The number of anilines is 1. The summed E-state index contributed by atoms with van der Waals surface area (Å²) in [6, 6.07) is 7.54. The van der Waals surface area contributed by atoms with Gasteiger partial charge in [0, 0.05) is 11.1 Å². The zero-order valence-electron chi connectivity index (χ0n) is 7.92. The van der Waals surface area contributed by atoms with E-state index in [9.17, 15) is 0 Å². The van der Waals surface area contributed by atoms with E-state index in [-0.39, 0.29) is 0 Å². The number of rotatable bonds is 1. The predicted octanol–water partition coefficient (Wildman–Crippen LogP) is 3.03. The van der Waals surface area contributed by atoms with Crippen molar-refractivity contribution in [2.24, 2.45) is 0 Å². The number of hydrogen-bond donors (Lipinski definition) is 1. The maximum Gasteiger partial charge on any atom is 0.129 e. The van der Waals surface area contributed by atoms with Gasteiger partial charge >= 0.3 is 0 Å². The number of fused-ring (bicyclic) bond motifs is 1. The van der Waals surface area contributed by atoms with Gasteiger partial charge in [0.2, 0.25) is 0 Å². The van der Waals surface area contributed by atoms with Gasteiger partial charge in [-0.25, -0.2) is 4.98 Å². The molecule has 0 saturated heterocycles. The SMILES string of the molecule is CCc1c(N)ccc2nc(Cl)ccc12. The molecule has 0 fully saturated rings. The van der Waals surface area contributed by atoms with Crippen molar-refractivity contribution in [3.05, 3.63) is 35.0 Å². The van der Waals surface area contributed by atoms with Gasteiger partial charge in [-0.05, 0) is 36.2 Å². The molecule has 0 saturated carbocycles. The number of aromatic nitrogens is 1. The van der Waals surface area contributed by atoms with Crippen molar-refractivity contribution in [1.82, 2.24) is 4.98 Å². The molecule has 1 aromatic carbocycles. The fourth-order valence-corrected chi connectivity index (χ4v) is 1.81. The van der Waals surface area contributed by atoms with Crippen LogP contribution in [0.2, 0.25) is 5.15 Å². The van der Waals surface area contributed by atoms with Crippen LogP contribution in [0, 0.1) is 0 Å². The molecule has 0 spiro atoms. The zero-order valence-corrected chi connectivity index (χ0v) is 8.67. The van der Waals surface area contributed by atoms with E-state index in [1.807, 2.05) is 18.2 Å². The maximum atomic E-state index is 5.87. The van der Waals surface area contributed by atoms with Crippen molar-refractivity contribution in [1.29, 1.82) is 0 Å². The van der Waals surface area contributed by atoms with Crippen molar-refractivity contribution in [2.45, 2.75) is 13.3 Å². The van der Waals surface area contributed by atoms with Gasteiger partial charge in [-0.1, -0.05) is 18.5 Å². The predicted molar refractivity (Wildman–Crippen MR) is 60.5 cm³/mol. The molecule has 2 N–H and O–H groups in total. The quantitative estimate of drug-likeness (QED) is 0.576. The average molecular weight is 207 g/mol. The van der Waals surface area contributed by atoms with Gasteiger partial charge < -0.3 is 5.73 Å². The van der Waals surface area contributed by atoms with Crippen LogP contribution in [-0.4, -0.2) is 4.98 Å². The number of nitrogens with two attached hydrogens (primary N) is 1. The van der Waals surface area contributed by atoms with Crippen LogP contribution < -0.4 is 5.73 Å². The third-order valence-electron chi connectivity index (χ3n) is 2.34. The van der Waals surface area contributed by atoms with E-state index in [4.69, 9.17) is 17.3 Å². The summed E-state index contributed by atoms with van der Waals surface area (Å²) in [4.78, 5) is 4.24. The van der Waals surface area contributed by atoms with Gasteiger partial charge in [0.15, 0.2) is 0 Å². The molecule has 0 radical (unpaired) electrons. The Hall–Kier alpha value is -1.28. The molecule has 2 aromatic rings. The third-order valence-corrected chi connectivity index (χ3v) is 2.55. The van der Waals surface area contributed by atoms with E-state index >= 15 is 0 Å². The molecule has 0 aliphatic carbocycles. The molecule has 0 amide bonds. The molecule has 0 atom stereocenters. The molecule has 14 heavy (non-hydrogen) atoms. The largest absolute Gasteiger partial charge is 0.398 e. The minimum Gasteiger partial charge on any atom is -0.398 e. The Kier molecular flexibility index (Phi) is 2.30. The lowest BCUT2D eigenvalue weighted by Crippen LogP contribution is -1.94. The van der Waals surface area contributed by atoms with Gasteiger partial charge in [0.25, 0.3) is 0 Å². The second kappa shape index (κ2) is 3.46. The van der Waals surface area contributed by atoms with Crippen molar-refractivity contribution >= 4 is 28.2 Å². The summed E-state index contributed by atoms with van der Waals surface area (Å²) in [5.41, 5.74) is 8.75. The Morgan fingerprint density at radius 1 is 1.29 bits per heavy atom. The Morgan fingerprint density at radius 3 is 2.79 bits per heavy atom. The molecule has 3 heteroatoms. The Morgan fingerprint density at radius 2 is 2.07 bits per heavy atom. The summed E-state index contributed by atoms with van der Waals surface area (Å²) < 4.78 is 0. The summed E-state index contributed by atoms with van der Waals surface area (Å²) in [7, 11) is 0. The zero-order chi connectivity index (χ0) is 10.1. The van der Waals surface area contributed by atoms with E-state index in [1.54, 1.807) is 6.07 Å². The molecule has 0 aliphatic heterocycles. The van der Waals surface area contributed by atoms with E-state index < -0.39 is 0 Å². The first-order valence-electron chi connectivity index (χ1n) is 4.56. The monoisotopic (exact) mass is 206 g/mol. The lowest BCUT2D eigenvalue weighted by atomic mass is 10.0. The molecule has 1 aromatic heterocycles. The van der Waals surface area contributed by atoms with Crippen LogP contribution >= 0.6 is 11.6 Å². The van der Waals surface area contributed by atoms with Crippen molar-refractivity contribution in [3.63, 3.8) is 0 Å². The number of nitrogens with zero attached hydrogens (tertiary/aromatic N) is 1. The molecule has 0 bridgehead atoms.